The molecular formula is C33H64N8O14. The van der Waals surface area contributed by atoms with Crippen LogP contribution in [0.1, 0.15) is 38.5 Å². The van der Waals surface area contributed by atoms with E-state index in [0.717, 1.165) is 13.1 Å². The van der Waals surface area contributed by atoms with E-state index in [1.807, 2.05) is 0 Å². The van der Waals surface area contributed by atoms with Gasteiger partial charge in [0.05, 0.1) is 36.4 Å². The van der Waals surface area contributed by atoms with Crippen molar-refractivity contribution in [3.63, 3.8) is 0 Å². The number of nitrogens with one attached hydrogen (secondary N) is 3. The molecule has 0 aromatic carbocycles. The van der Waals surface area contributed by atoms with E-state index in [0.29, 0.717) is 38.8 Å². The van der Waals surface area contributed by atoms with E-state index in [1.54, 1.807) is 0 Å². The number of rotatable bonds is 16. The lowest BCUT2D eigenvalue weighted by Crippen LogP contribution is -2.67. The van der Waals surface area contributed by atoms with Crippen molar-refractivity contribution in [3.8, 4) is 0 Å². The van der Waals surface area contributed by atoms with E-state index in [9.17, 15) is 40.5 Å². The summed E-state index contributed by atoms with van der Waals surface area (Å²) in [6.45, 7) is 1.42. The van der Waals surface area contributed by atoms with Crippen LogP contribution in [-0.4, -0.2) is 203 Å². The van der Waals surface area contributed by atoms with Gasteiger partial charge in [0.1, 0.15) is 61.0 Å². The minimum absolute atomic E-state index is 0.0281. The van der Waals surface area contributed by atoms with Gasteiger partial charge in [0.2, 0.25) is 5.91 Å². The minimum atomic E-state index is -1.66. The molecular weight excluding hydrogens is 732 g/mol. The largest absolute Gasteiger partial charge is 0.394 e. The van der Waals surface area contributed by atoms with Crippen LogP contribution < -0.4 is 44.6 Å². The zero-order valence-corrected chi connectivity index (χ0v) is 31.0. The molecule has 1 aliphatic carbocycles. The molecule has 1 saturated carbocycles. The number of ether oxygens (including phenoxy) is 6. The molecule has 18 atom stereocenters. The third-order valence-corrected chi connectivity index (χ3v) is 11.3. The van der Waals surface area contributed by atoms with Crippen LogP contribution in [-0.2, 0) is 33.2 Å². The van der Waals surface area contributed by atoms with Crippen LogP contribution in [0.5, 0.6) is 0 Å². The molecule has 4 heterocycles. The predicted octanol–water partition coefficient (Wildman–Crippen LogP) is -8.22. The lowest BCUT2D eigenvalue weighted by atomic mass is 9.83. The van der Waals surface area contributed by atoms with Crippen LogP contribution in [0, 0.1) is 0 Å². The van der Waals surface area contributed by atoms with Crippen LogP contribution in [0.25, 0.3) is 0 Å². The Labute approximate surface area is 319 Å². The summed E-state index contributed by atoms with van der Waals surface area (Å²) in [6, 6.07) is -3.86. The molecule has 0 spiro atoms. The highest BCUT2D eigenvalue weighted by atomic mass is 16.8. The molecule has 4 saturated heterocycles. The number of aliphatic hydroxyl groups is 7. The van der Waals surface area contributed by atoms with Crippen molar-refractivity contribution in [1.29, 1.82) is 0 Å². The molecule has 0 bridgehead atoms. The van der Waals surface area contributed by atoms with Crippen LogP contribution in [0.15, 0.2) is 0 Å². The summed E-state index contributed by atoms with van der Waals surface area (Å²) in [6.07, 6.45) is -15.8. The van der Waals surface area contributed by atoms with Gasteiger partial charge in [-0.1, -0.05) is 0 Å². The summed E-state index contributed by atoms with van der Waals surface area (Å²) >= 11 is 0. The highest BCUT2D eigenvalue weighted by molar-refractivity contribution is 5.80. The first-order valence-electron chi connectivity index (χ1n) is 19.2. The molecule has 5 aliphatic rings. The smallest absolute Gasteiger partial charge is 0.249 e. The molecule has 55 heavy (non-hydrogen) atoms. The fourth-order valence-corrected chi connectivity index (χ4v) is 7.84. The van der Waals surface area contributed by atoms with Crippen LogP contribution in [0.2, 0.25) is 0 Å². The quantitative estimate of drug-likeness (QED) is 0.0689. The van der Waals surface area contributed by atoms with Gasteiger partial charge in [-0.2, -0.15) is 0 Å². The average molecular weight is 797 g/mol. The summed E-state index contributed by atoms with van der Waals surface area (Å²) in [5, 5.41) is 84.3. The zero-order chi connectivity index (χ0) is 40.0. The number of amides is 1. The Morgan fingerprint density at radius 2 is 1.51 bits per heavy atom. The van der Waals surface area contributed by atoms with Gasteiger partial charge in [-0.05, 0) is 58.2 Å². The number of hydrogen-bond donors (Lipinski definition) is 15. The SMILES string of the molecule is NCC[C@H](O)C(=O)N[C@@H]1C[C@H](N)[C@@H](O[C@H]2O[C@H](CNCC3(O)CCNCC3)CC[C@H]2N)[C@H](O[C@@H]2O[C@H](CO)[C@@H](O[C@H]3O[C@@H](CN)[C@@H](O)[C@H](O)[C@H]3N)[C@H]2O)[C@H]1O. The molecule has 1 amide bonds. The second kappa shape index (κ2) is 20.1. The van der Waals surface area contributed by atoms with E-state index in [-0.39, 0.29) is 32.0 Å². The molecule has 0 aromatic heterocycles. The maximum absolute atomic E-state index is 12.8. The summed E-state index contributed by atoms with van der Waals surface area (Å²) in [7, 11) is 0. The van der Waals surface area contributed by atoms with Crippen molar-refractivity contribution >= 4 is 5.91 Å². The third-order valence-electron chi connectivity index (χ3n) is 11.3. The van der Waals surface area contributed by atoms with E-state index < -0.39 is 122 Å². The summed E-state index contributed by atoms with van der Waals surface area (Å²) in [4.78, 5) is 12.8. The lowest BCUT2D eigenvalue weighted by molar-refractivity contribution is -0.290. The Hall–Kier alpha value is -1.33. The topological polar surface area (TPSA) is 380 Å². The van der Waals surface area contributed by atoms with Gasteiger partial charge in [-0.25, -0.2) is 0 Å². The molecule has 5 rings (SSSR count). The fraction of sp³-hybridized carbons (Fsp3) is 0.970. The second-order valence-electron chi connectivity index (χ2n) is 15.4. The van der Waals surface area contributed by atoms with Crippen LogP contribution >= 0.6 is 0 Å². The first-order valence-corrected chi connectivity index (χ1v) is 19.2. The average Bonchev–Trinajstić information content (AvgIpc) is 3.46. The molecule has 0 aromatic rings. The van der Waals surface area contributed by atoms with Crippen molar-refractivity contribution in [1.82, 2.24) is 16.0 Å². The summed E-state index contributed by atoms with van der Waals surface area (Å²) < 4.78 is 36.3. The molecule has 320 valence electrons. The van der Waals surface area contributed by atoms with Crippen molar-refractivity contribution in [2.24, 2.45) is 28.7 Å². The normalized spacial score (nSPS) is 44.3. The first kappa shape index (κ1) is 44.8. The maximum atomic E-state index is 12.8. The predicted molar refractivity (Wildman–Crippen MR) is 190 cm³/mol. The van der Waals surface area contributed by atoms with Crippen LogP contribution in [0.4, 0.5) is 0 Å². The van der Waals surface area contributed by atoms with Crippen molar-refractivity contribution in [3.05, 3.63) is 0 Å². The Kier molecular flexibility index (Phi) is 16.3. The minimum Gasteiger partial charge on any atom is -0.394 e. The van der Waals surface area contributed by atoms with E-state index in [1.165, 1.54) is 0 Å². The van der Waals surface area contributed by atoms with E-state index >= 15 is 0 Å². The number of hydrogen-bond acceptors (Lipinski definition) is 21. The molecule has 5 fully saturated rings. The molecule has 4 aliphatic heterocycles. The number of carbonyl (C=O) groups excluding carboxylic acids is 1. The number of aliphatic hydroxyl groups excluding tert-OH is 6. The Balaban J connectivity index is 1.30. The highest BCUT2D eigenvalue weighted by Gasteiger charge is 2.54. The standard InChI is InChI=1S/C33H64N8O14/c34-6-3-18(43)29(48)41-17-9-16(37)26(53-30-15(36)2-1-14(50-30)11-40-13-33(49)4-7-39-8-5-33)28(22(17)44)55-32-25(47)27(20(12-42)52-32)54-31-21(38)24(46)23(45)19(10-35)51-31/h14-28,30-32,39-40,42-47,49H,1-13,34-38H2,(H,41,48)/t14-,15+,16-,17+,18-,19-,20+,21+,22-,23+,24+,25+,26+,27+,28+,30+,31+,32-/m0/s1. The monoisotopic (exact) mass is 796 g/mol. The molecule has 0 unspecified atom stereocenters. The first-order chi connectivity index (χ1) is 26.2. The highest BCUT2D eigenvalue weighted by Crippen LogP contribution is 2.34. The van der Waals surface area contributed by atoms with E-state index in [4.69, 9.17) is 57.1 Å². The Bertz CT molecular complexity index is 1200. The number of piperidine rings is 1. The second-order valence-corrected chi connectivity index (χ2v) is 15.4. The Morgan fingerprint density at radius 3 is 2.18 bits per heavy atom. The Morgan fingerprint density at radius 1 is 0.836 bits per heavy atom. The molecule has 22 nitrogen and oxygen atoms in total. The van der Waals surface area contributed by atoms with Crippen LogP contribution in [0.3, 0.4) is 0 Å². The van der Waals surface area contributed by atoms with Crippen molar-refractivity contribution < 1.29 is 69.0 Å². The van der Waals surface area contributed by atoms with Crippen molar-refractivity contribution in [2.75, 3.05) is 45.9 Å². The fourth-order valence-electron chi connectivity index (χ4n) is 7.84. The lowest BCUT2D eigenvalue weighted by Gasteiger charge is -2.47. The number of nitrogens with two attached hydrogens (primary N) is 5. The molecule has 0 radical (unpaired) electrons. The summed E-state index contributed by atoms with van der Waals surface area (Å²) in [5.74, 6) is -0.792. The van der Waals surface area contributed by atoms with Gasteiger partial charge in [-0.3, -0.25) is 4.79 Å². The maximum Gasteiger partial charge on any atom is 0.249 e. The van der Waals surface area contributed by atoms with Gasteiger partial charge in [-0.15, -0.1) is 0 Å². The van der Waals surface area contributed by atoms with Gasteiger partial charge in [0.25, 0.3) is 0 Å². The van der Waals surface area contributed by atoms with Gasteiger partial charge in [0, 0.05) is 25.7 Å². The third kappa shape index (κ3) is 10.8. The van der Waals surface area contributed by atoms with Gasteiger partial charge < -0.3 is 109 Å². The van der Waals surface area contributed by atoms with Crippen molar-refractivity contribution in [2.45, 2.75) is 154 Å². The number of carbonyl (C=O) groups is 1. The zero-order valence-electron chi connectivity index (χ0n) is 31.0. The van der Waals surface area contributed by atoms with E-state index in [2.05, 4.69) is 16.0 Å². The van der Waals surface area contributed by atoms with Gasteiger partial charge in [0.15, 0.2) is 18.9 Å². The molecule has 20 N–H and O–H groups in total. The summed E-state index contributed by atoms with van der Waals surface area (Å²) in [5.41, 5.74) is 29.5. The molecule has 22 heteroatoms. The van der Waals surface area contributed by atoms with Gasteiger partial charge >= 0.3 is 0 Å².